The SMILES string of the molecule is CC1(O)CCN(Cc2cnc(Cl)cn2)CC1. The van der Waals surface area contributed by atoms with Gasteiger partial charge in [-0.3, -0.25) is 9.88 Å². The van der Waals surface area contributed by atoms with E-state index in [1.54, 1.807) is 12.4 Å². The fraction of sp³-hybridized carbons (Fsp3) is 0.636. The van der Waals surface area contributed by atoms with Gasteiger partial charge in [0.1, 0.15) is 5.15 Å². The van der Waals surface area contributed by atoms with E-state index in [0.29, 0.717) is 5.15 Å². The van der Waals surface area contributed by atoms with Gasteiger partial charge in [-0.05, 0) is 19.8 Å². The van der Waals surface area contributed by atoms with E-state index in [1.807, 2.05) is 6.92 Å². The second kappa shape index (κ2) is 4.65. The summed E-state index contributed by atoms with van der Waals surface area (Å²) < 4.78 is 0. The van der Waals surface area contributed by atoms with Gasteiger partial charge in [0.25, 0.3) is 0 Å². The summed E-state index contributed by atoms with van der Waals surface area (Å²) >= 11 is 5.67. The third-order valence-electron chi connectivity index (χ3n) is 2.99. The summed E-state index contributed by atoms with van der Waals surface area (Å²) in [6.45, 7) is 4.47. The zero-order valence-electron chi connectivity index (χ0n) is 9.36. The van der Waals surface area contributed by atoms with E-state index in [1.165, 1.54) is 0 Å². The first-order chi connectivity index (χ1) is 7.55. The summed E-state index contributed by atoms with van der Waals surface area (Å²) in [6.07, 6.45) is 4.90. The lowest BCUT2D eigenvalue weighted by molar-refractivity contribution is -0.00759. The molecule has 0 saturated carbocycles. The molecule has 2 rings (SSSR count). The van der Waals surface area contributed by atoms with Crippen LogP contribution in [-0.2, 0) is 6.54 Å². The molecule has 0 atom stereocenters. The first-order valence-electron chi connectivity index (χ1n) is 5.46. The van der Waals surface area contributed by atoms with Crippen molar-refractivity contribution in [2.75, 3.05) is 13.1 Å². The molecule has 1 N–H and O–H groups in total. The maximum Gasteiger partial charge on any atom is 0.147 e. The number of hydrogen-bond acceptors (Lipinski definition) is 4. The van der Waals surface area contributed by atoms with E-state index in [9.17, 15) is 5.11 Å². The van der Waals surface area contributed by atoms with Crippen LogP contribution in [0.2, 0.25) is 5.15 Å². The second-order valence-corrected chi connectivity index (χ2v) is 4.99. The van der Waals surface area contributed by atoms with Crippen LogP contribution < -0.4 is 0 Å². The molecule has 0 bridgehead atoms. The van der Waals surface area contributed by atoms with Gasteiger partial charge >= 0.3 is 0 Å². The highest BCUT2D eigenvalue weighted by Gasteiger charge is 2.27. The van der Waals surface area contributed by atoms with Gasteiger partial charge in [0.05, 0.1) is 23.7 Å². The Balaban J connectivity index is 1.89. The van der Waals surface area contributed by atoms with Crippen LogP contribution in [0.5, 0.6) is 0 Å². The molecule has 0 unspecified atom stereocenters. The molecule has 4 nitrogen and oxygen atoms in total. The molecule has 88 valence electrons. The maximum absolute atomic E-state index is 9.82. The molecule has 1 aliphatic heterocycles. The molecule has 1 fully saturated rings. The highest BCUT2D eigenvalue weighted by Crippen LogP contribution is 2.21. The molecule has 0 aliphatic carbocycles. The summed E-state index contributed by atoms with van der Waals surface area (Å²) in [6, 6.07) is 0. The smallest absolute Gasteiger partial charge is 0.147 e. The van der Waals surface area contributed by atoms with Crippen molar-refractivity contribution >= 4 is 11.6 Å². The van der Waals surface area contributed by atoms with Crippen molar-refractivity contribution in [3.05, 3.63) is 23.2 Å². The van der Waals surface area contributed by atoms with E-state index in [2.05, 4.69) is 14.9 Å². The minimum Gasteiger partial charge on any atom is -0.390 e. The van der Waals surface area contributed by atoms with Crippen LogP contribution in [0.4, 0.5) is 0 Å². The van der Waals surface area contributed by atoms with Crippen molar-refractivity contribution in [3.8, 4) is 0 Å². The Hall–Kier alpha value is -0.710. The van der Waals surface area contributed by atoms with E-state index < -0.39 is 5.60 Å². The summed E-state index contributed by atoms with van der Waals surface area (Å²) in [7, 11) is 0. The van der Waals surface area contributed by atoms with Gasteiger partial charge < -0.3 is 5.11 Å². The Bertz CT molecular complexity index is 343. The summed E-state index contributed by atoms with van der Waals surface area (Å²) in [5.41, 5.74) is 0.424. The molecule has 1 aromatic heterocycles. The number of aromatic nitrogens is 2. The Kier molecular flexibility index (Phi) is 3.42. The van der Waals surface area contributed by atoms with E-state index in [4.69, 9.17) is 11.6 Å². The molecule has 0 amide bonds. The lowest BCUT2D eigenvalue weighted by Crippen LogP contribution is -2.42. The molecule has 1 saturated heterocycles. The predicted octanol–water partition coefficient (Wildman–Crippen LogP) is 1.48. The molecule has 5 heteroatoms. The minimum absolute atomic E-state index is 0.422. The Labute approximate surface area is 100 Å². The van der Waals surface area contributed by atoms with Gasteiger partial charge in [0.2, 0.25) is 0 Å². The zero-order chi connectivity index (χ0) is 11.6. The minimum atomic E-state index is -0.498. The number of piperidine rings is 1. The van der Waals surface area contributed by atoms with Crippen LogP contribution in [0.1, 0.15) is 25.5 Å². The Morgan fingerprint density at radius 3 is 2.62 bits per heavy atom. The van der Waals surface area contributed by atoms with Gasteiger partial charge in [0, 0.05) is 19.6 Å². The molecule has 0 radical (unpaired) electrons. The van der Waals surface area contributed by atoms with Crippen LogP contribution in [0.15, 0.2) is 12.4 Å². The van der Waals surface area contributed by atoms with Crippen LogP contribution >= 0.6 is 11.6 Å². The Morgan fingerprint density at radius 2 is 2.06 bits per heavy atom. The Morgan fingerprint density at radius 1 is 1.38 bits per heavy atom. The third kappa shape index (κ3) is 3.14. The van der Waals surface area contributed by atoms with Gasteiger partial charge in [0.15, 0.2) is 0 Å². The van der Waals surface area contributed by atoms with Crippen molar-refractivity contribution in [1.82, 2.24) is 14.9 Å². The van der Waals surface area contributed by atoms with Gasteiger partial charge in [-0.15, -0.1) is 0 Å². The largest absolute Gasteiger partial charge is 0.390 e. The summed E-state index contributed by atoms with van der Waals surface area (Å²) in [5.74, 6) is 0. The van der Waals surface area contributed by atoms with E-state index >= 15 is 0 Å². The van der Waals surface area contributed by atoms with E-state index in [0.717, 1.165) is 38.2 Å². The number of hydrogen-bond donors (Lipinski definition) is 1. The fourth-order valence-electron chi connectivity index (χ4n) is 1.84. The second-order valence-electron chi connectivity index (χ2n) is 4.60. The number of aliphatic hydroxyl groups is 1. The monoisotopic (exact) mass is 241 g/mol. The number of rotatable bonds is 2. The summed E-state index contributed by atoms with van der Waals surface area (Å²) in [5, 5.41) is 10.2. The fourth-order valence-corrected chi connectivity index (χ4v) is 1.94. The van der Waals surface area contributed by atoms with Gasteiger partial charge in [-0.2, -0.15) is 0 Å². The molecular weight excluding hydrogens is 226 g/mol. The maximum atomic E-state index is 9.82. The molecular formula is C11H16ClN3O. The average molecular weight is 242 g/mol. The van der Waals surface area contributed by atoms with Gasteiger partial charge in [-0.25, -0.2) is 4.98 Å². The number of halogens is 1. The standard InChI is InChI=1S/C11H16ClN3O/c1-11(16)2-4-15(5-3-11)8-9-6-14-10(12)7-13-9/h6-7,16H,2-5,8H2,1H3. The molecule has 2 heterocycles. The molecule has 0 spiro atoms. The van der Waals surface area contributed by atoms with Gasteiger partial charge in [-0.1, -0.05) is 11.6 Å². The van der Waals surface area contributed by atoms with Crippen molar-refractivity contribution in [2.45, 2.75) is 31.9 Å². The number of nitrogens with zero attached hydrogens (tertiary/aromatic N) is 3. The van der Waals surface area contributed by atoms with Crippen molar-refractivity contribution in [3.63, 3.8) is 0 Å². The molecule has 1 aliphatic rings. The van der Waals surface area contributed by atoms with Crippen LogP contribution in [0, 0.1) is 0 Å². The average Bonchev–Trinajstić information content (AvgIpc) is 2.24. The van der Waals surface area contributed by atoms with Crippen molar-refractivity contribution < 1.29 is 5.11 Å². The highest BCUT2D eigenvalue weighted by atomic mass is 35.5. The third-order valence-corrected chi connectivity index (χ3v) is 3.19. The number of likely N-dealkylation sites (tertiary alicyclic amines) is 1. The highest BCUT2D eigenvalue weighted by molar-refractivity contribution is 6.29. The van der Waals surface area contributed by atoms with Crippen molar-refractivity contribution in [2.24, 2.45) is 0 Å². The molecule has 16 heavy (non-hydrogen) atoms. The van der Waals surface area contributed by atoms with E-state index in [-0.39, 0.29) is 0 Å². The summed E-state index contributed by atoms with van der Waals surface area (Å²) in [4.78, 5) is 10.5. The van der Waals surface area contributed by atoms with Crippen LogP contribution in [0.3, 0.4) is 0 Å². The van der Waals surface area contributed by atoms with Crippen LogP contribution in [0.25, 0.3) is 0 Å². The zero-order valence-corrected chi connectivity index (χ0v) is 10.1. The molecule has 0 aromatic carbocycles. The first-order valence-corrected chi connectivity index (χ1v) is 5.84. The lowest BCUT2D eigenvalue weighted by Gasteiger charge is -2.35. The van der Waals surface area contributed by atoms with Crippen LogP contribution in [-0.4, -0.2) is 38.7 Å². The predicted molar refractivity (Wildman–Crippen MR) is 62.2 cm³/mol. The first kappa shape index (κ1) is 11.8. The quantitative estimate of drug-likeness (QED) is 0.852. The lowest BCUT2D eigenvalue weighted by atomic mass is 9.94. The van der Waals surface area contributed by atoms with Crippen molar-refractivity contribution in [1.29, 1.82) is 0 Å². The normalized spacial score (nSPS) is 20.9. The molecule has 1 aromatic rings. The topological polar surface area (TPSA) is 49.2 Å².